The minimum Gasteiger partial charge on any atom is -0.357 e. The van der Waals surface area contributed by atoms with E-state index in [9.17, 15) is 4.79 Å². The number of amides is 1. The first-order valence-electron chi connectivity index (χ1n) is 7.64. The molecule has 1 rings (SSSR count). The fourth-order valence-corrected chi connectivity index (χ4v) is 2.29. The van der Waals surface area contributed by atoms with Gasteiger partial charge in [0.25, 0.3) is 0 Å². The van der Waals surface area contributed by atoms with Crippen molar-refractivity contribution in [3.05, 3.63) is 28.8 Å². The highest BCUT2D eigenvalue weighted by Gasteiger charge is 2.07. The van der Waals surface area contributed by atoms with Crippen LogP contribution in [0.25, 0.3) is 0 Å². The van der Waals surface area contributed by atoms with Gasteiger partial charge in [-0.1, -0.05) is 17.7 Å². The Kier molecular flexibility index (Phi) is 9.55. The Bertz CT molecular complexity index is 537. The van der Waals surface area contributed by atoms with E-state index in [4.69, 9.17) is 11.6 Å². The molecule has 0 atom stereocenters. The Morgan fingerprint density at radius 1 is 1.35 bits per heavy atom. The van der Waals surface area contributed by atoms with Crippen LogP contribution in [0.1, 0.15) is 18.9 Å². The summed E-state index contributed by atoms with van der Waals surface area (Å²) in [5.41, 5.74) is 1.63. The lowest BCUT2D eigenvalue weighted by Gasteiger charge is -2.12. The molecule has 0 radical (unpaired) electrons. The number of guanidine groups is 1. The van der Waals surface area contributed by atoms with Crippen molar-refractivity contribution in [1.29, 1.82) is 0 Å². The molecule has 0 aliphatic rings. The number of carbonyl (C=O) groups excluding carboxylic acids is 1. The van der Waals surface area contributed by atoms with Crippen molar-refractivity contribution in [3.63, 3.8) is 0 Å². The first-order chi connectivity index (χ1) is 11.1. The molecule has 1 aromatic carbocycles. The summed E-state index contributed by atoms with van der Waals surface area (Å²) in [6.45, 7) is 5.97. The molecule has 0 spiro atoms. The normalized spacial score (nSPS) is 11.2. The Morgan fingerprint density at radius 2 is 2.13 bits per heavy atom. The van der Waals surface area contributed by atoms with E-state index in [1.54, 1.807) is 11.8 Å². The van der Waals surface area contributed by atoms with E-state index < -0.39 is 0 Å². The first kappa shape index (κ1) is 19.6. The standard InChI is InChI=1S/C16H25ClN4OS/c1-4-18-16(20-10-11-23-3)19-9-8-15(22)21-14-7-5-6-13(17)12(14)2/h5-7H,4,8-11H2,1-3H3,(H,21,22)(H2,18,19,20). The third kappa shape index (κ3) is 7.61. The van der Waals surface area contributed by atoms with Crippen LogP contribution < -0.4 is 16.0 Å². The van der Waals surface area contributed by atoms with E-state index >= 15 is 0 Å². The second-order valence-electron chi connectivity index (χ2n) is 4.89. The summed E-state index contributed by atoms with van der Waals surface area (Å²) in [6, 6.07) is 5.48. The van der Waals surface area contributed by atoms with Gasteiger partial charge in [0.15, 0.2) is 5.96 Å². The van der Waals surface area contributed by atoms with Crippen LogP contribution in [0.2, 0.25) is 5.02 Å². The van der Waals surface area contributed by atoms with Crippen LogP contribution in [0, 0.1) is 6.92 Å². The van der Waals surface area contributed by atoms with Crippen molar-refractivity contribution >= 4 is 40.9 Å². The molecule has 0 fully saturated rings. The number of carbonyl (C=O) groups is 1. The van der Waals surface area contributed by atoms with Gasteiger partial charge >= 0.3 is 0 Å². The van der Waals surface area contributed by atoms with Gasteiger partial charge in [-0.3, -0.25) is 9.79 Å². The van der Waals surface area contributed by atoms with Crippen molar-refractivity contribution in [3.8, 4) is 0 Å². The molecule has 1 amide bonds. The lowest BCUT2D eigenvalue weighted by Crippen LogP contribution is -2.38. The van der Waals surface area contributed by atoms with Crippen LogP contribution in [0.3, 0.4) is 0 Å². The molecule has 128 valence electrons. The van der Waals surface area contributed by atoms with Crippen LogP contribution in [-0.4, -0.2) is 43.5 Å². The van der Waals surface area contributed by atoms with Gasteiger partial charge in [0, 0.05) is 36.0 Å². The largest absolute Gasteiger partial charge is 0.357 e. The van der Waals surface area contributed by atoms with Crippen molar-refractivity contribution < 1.29 is 4.79 Å². The van der Waals surface area contributed by atoms with Crippen LogP contribution in [0.15, 0.2) is 23.2 Å². The van der Waals surface area contributed by atoms with Crippen LogP contribution in [0.5, 0.6) is 0 Å². The number of thioether (sulfide) groups is 1. The molecule has 5 nitrogen and oxygen atoms in total. The molecule has 23 heavy (non-hydrogen) atoms. The van der Waals surface area contributed by atoms with Crippen LogP contribution in [0.4, 0.5) is 5.69 Å². The summed E-state index contributed by atoms with van der Waals surface area (Å²) in [4.78, 5) is 16.5. The topological polar surface area (TPSA) is 65.5 Å². The number of nitrogens with one attached hydrogen (secondary N) is 3. The monoisotopic (exact) mass is 356 g/mol. The highest BCUT2D eigenvalue weighted by atomic mass is 35.5. The molecule has 0 saturated heterocycles. The minimum absolute atomic E-state index is 0.0529. The predicted octanol–water partition coefficient (Wildman–Crippen LogP) is 2.90. The fourth-order valence-electron chi connectivity index (χ4n) is 1.84. The smallest absolute Gasteiger partial charge is 0.226 e. The molecule has 7 heteroatoms. The summed E-state index contributed by atoms with van der Waals surface area (Å²) < 4.78 is 0. The number of nitrogens with zero attached hydrogens (tertiary/aromatic N) is 1. The fraction of sp³-hybridized carbons (Fsp3) is 0.500. The second-order valence-corrected chi connectivity index (χ2v) is 6.28. The number of aliphatic imine (C=N–C) groups is 1. The van der Waals surface area contributed by atoms with Crippen molar-refractivity contribution in [2.24, 2.45) is 4.99 Å². The minimum atomic E-state index is -0.0529. The molecule has 0 saturated carbocycles. The quantitative estimate of drug-likeness (QED) is 0.380. The molecule has 3 N–H and O–H groups in total. The summed E-state index contributed by atoms with van der Waals surface area (Å²) in [5, 5.41) is 9.86. The summed E-state index contributed by atoms with van der Waals surface area (Å²) in [7, 11) is 0. The number of hydrogen-bond acceptors (Lipinski definition) is 3. The van der Waals surface area contributed by atoms with Gasteiger partial charge in [0.1, 0.15) is 0 Å². The van der Waals surface area contributed by atoms with Gasteiger partial charge in [0.2, 0.25) is 5.91 Å². The number of hydrogen-bond donors (Lipinski definition) is 3. The predicted molar refractivity (Wildman–Crippen MR) is 102 cm³/mol. The average Bonchev–Trinajstić information content (AvgIpc) is 2.52. The maximum absolute atomic E-state index is 12.0. The van der Waals surface area contributed by atoms with Gasteiger partial charge in [-0.05, 0) is 37.8 Å². The van der Waals surface area contributed by atoms with E-state index in [-0.39, 0.29) is 5.91 Å². The number of rotatable bonds is 8. The van der Waals surface area contributed by atoms with Gasteiger partial charge in [-0.15, -0.1) is 0 Å². The molecule has 0 aliphatic heterocycles. The third-order valence-electron chi connectivity index (χ3n) is 3.10. The Balaban J connectivity index is 2.42. The second kappa shape index (κ2) is 11.2. The van der Waals surface area contributed by atoms with Crippen molar-refractivity contribution in [1.82, 2.24) is 10.6 Å². The van der Waals surface area contributed by atoms with Gasteiger partial charge in [-0.25, -0.2) is 0 Å². The van der Waals surface area contributed by atoms with E-state index in [0.717, 1.165) is 36.1 Å². The van der Waals surface area contributed by atoms with Gasteiger partial charge < -0.3 is 16.0 Å². The van der Waals surface area contributed by atoms with Crippen molar-refractivity contribution in [2.75, 3.05) is 37.0 Å². The number of halogens is 1. The maximum Gasteiger partial charge on any atom is 0.226 e. The molecular formula is C16H25ClN4OS. The lowest BCUT2D eigenvalue weighted by atomic mass is 10.2. The van der Waals surface area contributed by atoms with Gasteiger partial charge in [-0.2, -0.15) is 11.8 Å². The highest BCUT2D eigenvalue weighted by molar-refractivity contribution is 7.98. The summed E-state index contributed by atoms with van der Waals surface area (Å²) >= 11 is 7.81. The Labute approximate surface area is 147 Å². The SMILES string of the molecule is CCNC(=NCCSC)NCCC(=O)Nc1cccc(Cl)c1C. The highest BCUT2D eigenvalue weighted by Crippen LogP contribution is 2.22. The first-order valence-corrected chi connectivity index (χ1v) is 9.41. The molecule has 0 aliphatic carbocycles. The molecule has 0 heterocycles. The lowest BCUT2D eigenvalue weighted by molar-refractivity contribution is -0.116. The van der Waals surface area contributed by atoms with Gasteiger partial charge in [0.05, 0.1) is 6.54 Å². The Morgan fingerprint density at radius 3 is 2.83 bits per heavy atom. The van der Waals surface area contributed by atoms with E-state index in [1.807, 2.05) is 32.0 Å². The molecular weight excluding hydrogens is 332 g/mol. The zero-order valence-corrected chi connectivity index (χ0v) is 15.5. The molecule has 0 unspecified atom stereocenters. The molecule has 0 aromatic heterocycles. The Hall–Kier alpha value is -1.40. The maximum atomic E-state index is 12.0. The van der Waals surface area contributed by atoms with Crippen molar-refractivity contribution in [2.45, 2.75) is 20.3 Å². The van der Waals surface area contributed by atoms with Crippen LogP contribution in [-0.2, 0) is 4.79 Å². The molecule has 0 bridgehead atoms. The third-order valence-corrected chi connectivity index (χ3v) is 4.10. The molecule has 1 aromatic rings. The van der Waals surface area contributed by atoms with Crippen LogP contribution >= 0.6 is 23.4 Å². The average molecular weight is 357 g/mol. The zero-order chi connectivity index (χ0) is 17.1. The van der Waals surface area contributed by atoms with E-state index in [0.29, 0.717) is 18.0 Å². The zero-order valence-electron chi connectivity index (χ0n) is 13.9. The number of anilines is 1. The summed E-state index contributed by atoms with van der Waals surface area (Å²) in [5.74, 6) is 1.67. The number of benzene rings is 1. The van der Waals surface area contributed by atoms with E-state index in [1.165, 1.54) is 0 Å². The summed E-state index contributed by atoms with van der Waals surface area (Å²) in [6.07, 6.45) is 2.41. The van der Waals surface area contributed by atoms with E-state index in [2.05, 4.69) is 27.2 Å².